The molecule has 0 unspecified atom stereocenters. The monoisotopic (exact) mass is 238 g/mol. The molecule has 3 nitrogen and oxygen atoms in total. The van der Waals surface area contributed by atoms with Crippen LogP contribution < -0.4 is 0 Å². The van der Waals surface area contributed by atoms with Gasteiger partial charge in [-0.2, -0.15) is 0 Å². The second-order valence-electron chi connectivity index (χ2n) is 3.87. The van der Waals surface area contributed by atoms with Crippen LogP contribution in [0.25, 0.3) is 0 Å². The highest BCUT2D eigenvalue weighted by molar-refractivity contribution is 5.83. The third-order valence-electron chi connectivity index (χ3n) is 2.31. The largest absolute Gasteiger partial charge is 0.502 e. The molecule has 0 saturated heterocycles. The normalized spacial score (nSPS) is 12.6. The first-order valence-electron chi connectivity index (χ1n) is 6.14. The summed E-state index contributed by atoms with van der Waals surface area (Å²) in [5.74, 6) is -1.95. The third kappa shape index (κ3) is 10.8. The van der Waals surface area contributed by atoms with E-state index in [1.165, 1.54) is 38.2 Å². The first-order chi connectivity index (χ1) is 8.18. The summed E-state index contributed by atoms with van der Waals surface area (Å²) in [7, 11) is 0. The molecule has 0 aromatic carbocycles. The summed E-state index contributed by atoms with van der Waals surface area (Å²) in [6.45, 7) is 2.20. The maximum absolute atomic E-state index is 10.2. The number of aliphatic hydroxyl groups is 1. The number of carbonyl (C=O) groups is 1. The second-order valence-corrected chi connectivity index (χ2v) is 3.87. The molecule has 0 spiro atoms. The van der Waals surface area contributed by atoms with E-state index in [-0.39, 0.29) is 0 Å². The Kier molecular flexibility index (Phi) is 10.0. The average Bonchev–Trinajstić information content (AvgIpc) is 2.31. The van der Waals surface area contributed by atoms with Crippen LogP contribution in [0.2, 0.25) is 0 Å². The van der Waals surface area contributed by atoms with Gasteiger partial charge in [-0.05, 0) is 18.9 Å². The summed E-state index contributed by atoms with van der Waals surface area (Å²) < 4.78 is 0. The van der Waals surface area contributed by atoms with E-state index < -0.39 is 11.7 Å². The fourth-order valence-corrected chi connectivity index (χ4v) is 1.32. The van der Waals surface area contributed by atoms with E-state index in [1.807, 2.05) is 12.2 Å². The van der Waals surface area contributed by atoms with Crippen LogP contribution in [0.3, 0.4) is 0 Å². The number of aliphatic hydroxyl groups excluding tert-OH is 1. The number of unbranched alkanes of at least 4 members (excludes halogenated alkanes) is 5. The number of carboxylic acid groups (broad SMARTS) is 1. The Bertz CT molecular complexity index is 288. The highest BCUT2D eigenvalue weighted by Gasteiger charge is 1.99. The Labute approximate surface area is 103 Å². The minimum absolute atomic E-state index is 0.644. The smallest absolute Gasteiger partial charge is 0.370 e. The second kappa shape index (κ2) is 11.0. The molecule has 0 saturated carbocycles. The van der Waals surface area contributed by atoms with Crippen LogP contribution in [0.1, 0.15) is 45.4 Å². The van der Waals surface area contributed by atoms with Crippen molar-refractivity contribution in [3.63, 3.8) is 0 Å². The zero-order chi connectivity index (χ0) is 12.9. The van der Waals surface area contributed by atoms with Crippen LogP contribution in [-0.4, -0.2) is 16.2 Å². The number of rotatable bonds is 9. The fraction of sp³-hybridized carbons (Fsp3) is 0.500. The van der Waals surface area contributed by atoms with E-state index in [0.29, 0.717) is 0 Å². The van der Waals surface area contributed by atoms with Gasteiger partial charge in [-0.15, -0.1) is 0 Å². The van der Waals surface area contributed by atoms with Crippen LogP contribution in [-0.2, 0) is 4.79 Å². The molecule has 0 heterocycles. The molecule has 17 heavy (non-hydrogen) atoms. The van der Waals surface area contributed by atoms with Crippen molar-refractivity contribution in [1.29, 1.82) is 0 Å². The predicted octanol–water partition coefficient (Wildman–Crippen LogP) is 3.99. The van der Waals surface area contributed by atoms with Gasteiger partial charge in [-0.25, -0.2) is 4.79 Å². The van der Waals surface area contributed by atoms with Gasteiger partial charge in [0.15, 0.2) is 0 Å². The molecule has 0 atom stereocenters. The standard InChI is InChI=1S/C14H22O3/c1-2-3-4-5-6-7-8-9-10-11-12-13(15)14(16)17/h8-12,15H,2-7H2,1H3,(H,16,17). The summed E-state index contributed by atoms with van der Waals surface area (Å²) in [4.78, 5) is 10.2. The molecule has 0 aromatic rings. The summed E-state index contributed by atoms with van der Waals surface area (Å²) >= 11 is 0. The lowest BCUT2D eigenvalue weighted by atomic mass is 10.1. The highest BCUT2D eigenvalue weighted by atomic mass is 16.4. The Morgan fingerprint density at radius 3 is 2.35 bits per heavy atom. The molecule has 0 fully saturated rings. The summed E-state index contributed by atoms with van der Waals surface area (Å²) in [5.41, 5.74) is 0. The lowest BCUT2D eigenvalue weighted by Gasteiger charge is -1.95. The molecule has 0 rings (SSSR count). The molecule has 0 aliphatic heterocycles. The Balaban J connectivity index is 3.57. The maximum Gasteiger partial charge on any atom is 0.370 e. The minimum Gasteiger partial charge on any atom is -0.502 e. The molecule has 3 heteroatoms. The van der Waals surface area contributed by atoms with Crippen LogP contribution >= 0.6 is 0 Å². The topological polar surface area (TPSA) is 57.5 Å². The summed E-state index contributed by atoms with van der Waals surface area (Å²) in [6, 6.07) is 0. The quantitative estimate of drug-likeness (QED) is 0.276. The SMILES string of the molecule is CCCCCCCC=CC=CC=C(O)C(=O)O. The van der Waals surface area contributed by atoms with Crippen molar-refractivity contribution >= 4 is 5.97 Å². The number of hydrogen-bond acceptors (Lipinski definition) is 2. The fourth-order valence-electron chi connectivity index (χ4n) is 1.32. The zero-order valence-corrected chi connectivity index (χ0v) is 10.4. The van der Waals surface area contributed by atoms with Gasteiger partial charge in [0, 0.05) is 0 Å². The van der Waals surface area contributed by atoms with E-state index in [0.717, 1.165) is 12.5 Å². The van der Waals surface area contributed by atoms with Crippen LogP contribution in [0.4, 0.5) is 0 Å². The van der Waals surface area contributed by atoms with Crippen molar-refractivity contribution < 1.29 is 15.0 Å². The van der Waals surface area contributed by atoms with Gasteiger partial charge in [0.1, 0.15) is 0 Å². The van der Waals surface area contributed by atoms with E-state index in [9.17, 15) is 4.79 Å². The van der Waals surface area contributed by atoms with Gasteiger partial charge in [-0.1, -0.05) is 56.9 Å². The van der Waals surface area contributed by atoms with E-state index in [2.05, 4.69) is 6.92 Å². The van der Waals surface area contributed by atoms with Gasteiger partial charge < -0.3 is 10.2 Å². The zero-order valence-electron chi connectivity index (χ0n) is 10.4. The highest BCUT2D eigenvalue weighted by Crippen LogP contribution is 2.05. The number of allylic oxidation sites excluding steroid dienone is 5. The summed E-state index contributed by atoms with van der Waals surface area (Å²) in [6.07, 6.45) is 15.7. The van der Waals surface area contributed by atoms with Crippen LogP contribution in [0, 0.1) is 0 Å². The van der Waals surface area contributed by atoms with Gasteiger partial charge >= 0.3 is 5.97 Å². The van der Waals surface area contributed by atoms with Crippen molar-refractivity contribution in [2.24, 2.45) is 0 Å². The van der Waals surface area contributed by atoms with Crippen molar-refractivity contribution in [2.75, 3.05) is 0 Å². The Morgan fingerprint density at radius 2 is 1.71 bits per heavy atom. The number of carboxylic acids is 1. The predicted molar refractivity (Wildman–Crippen MR) is 70.0 cm³/mol. The summed E-state index contributed by atoms with van der Waals surface area (Å²) in [5, 5.41) is 17.2. The number of aliphatic carboxylic acids is 1. The first kappa shape index (κ1) is 15.5. The van der Waals surface area contributed by atoms with Gasteiger partial charge in [0.05, 0.1) is 0 Å². The first-order valence-corrected chi connectivity index (χ1v) is 6.14. The minimum atomic E-state index is -1.31. The van der Waals surface area contributed by atoms with Gasteiger partial charge in [-0.3, -0.25) is 0 Å². The van der Waals surface area contributed by atoms with Crippen molar-refractivity contribution in [1.82, 2.24) is 0 Å². The lowest BCUT2D eigenvalue weighted by molar-refractivity contribution is -0.135. The Morgan fingerprint density at radius 1 is 1.00 bits per heavy atom. The average molecular weight is 238 g/mol. The Hall–Kier alpha value is -1.51. The van der Waals surface area contributed by atoms with Gasteiger partial charge in [0.2, 0.25) is 5.76 Å². The molecule has 2 N–H and O–H groups in total. The third-order valence-corrected chi connectivity index (χ3v) is 2.31. The van der Waals surface area contributed by atoms with Crippen LogP contribution in [0.15, 0.2) is 36.1 Å². The molecule has 96 valence electrons. The molecular formula is C14H22O3. The molecule has 0 amide bonds. The molecule has 0 aromatic heterocycles. The van der Waals surface area contributed by atoms with Crippen molar-refractivity contribution in [3.8, 4) is 0 Å². The molecular weight excluding hydrogens is 216 g/mol. The molecule has 0 aliphatic carbocycles. The molecule has 0 bridgehead atoms. The number of hydrogen-bond donors (Lipinski definition) is 2. The lowest BCUT2D eigenvalue weighted by Crippen LogP contribution is -1.97. The molecule has 0 radical (unpaired) electrons. The molecule has 0 aliphatic rings. The van der Waals surface area contributed by atoms with Crippen molar-refractivity contribution in [3.05, 3.63) is 36.1 Å². The van der Waals surface area contributed by atoms with E-state index >= 15 is 0 Å². The van der Waals surface area contributed by atoms with Crippen molar-refractivity contribution in [2.45, 2.75) is 45.4 Å². The van der Waals surface area contributed by atoms with E-state index in [1.54, 1.807) is 6.08 Å². The van der Waals surface area contributed by atoms with Crippen LogP contribution in [0.5, 0.6) is 0 Å². The maximum atomic E-state index is 10.2. The van der Waals surface area contributed by atoms with Gasteiger partial charge in [0.25, 0.3) is 0 Å². The van der Waals surface area contributed by atoms with E-state index in [4.69, 9.17) is 10.2 Å².